The van der Waals surface area contributed by atoms with Crippen molar-refractivity contribution in [2.45, 2.75) is 56.3 Å². The van der Waals surface area contributed by atoms with Gasteiger partial charge in [0.2, 0.25) is 23.6 Å². The number of hydrogen-bond donors (Lipinski definition) is 9. The molecule has 0 aliphatic carbocycles. The van der Waals surface area contributed by atoms with Crippen LogP contribution in [0, 0.1) is 0 Å². The van der Waals surface area contributed by atoms with Gasteiger partial charge in [0.05, 0.1) is 12.5 Å². The Morgan fingerprint density at radius 3 is 1.67 bits per heavy atom. The summed E-state index contributed by atoms with van der Waals surface area (Å²) in [6.07, 6.45) is -2.72. The van der Waals surface area contributed by atoms with Gasteiger partial charge >= 0.3 is 17.9 Å². The smallest absolute Gasteiger partial charge is 0.326 e. The Bertz CT molecular complexity index is 777. The molecule has 0 saturated heterocycles. The molecule has 4 atom stereocenters. The van der Waals surface area contributed by atoms with Crippen LogP contribution in [-0.4, -0.2) is 86.8 Å². The van der Waals surface area contributed by atoms with Crippen LogP contribution in [0.3, 0.4) is 0 Å². The molecule has 0 bridgehead atoms. The predicted molar refractivity (Wildman–Crippen MR) is 113 cm³/mol. The second-order valence-electron chi connectivity index (χ2n) is 6.85. The molecule has 0 radical (unpaired) electrons. The van der Waals surface area contributed by atoms with E-state index in [9.17, 15) is 38.7 Å². The summed E-state index contributed by atoms with van der Waals surface area (Å²) in [5.41, 5.74) is 10.5. The Balaban J connectivity index is 5.56. The molecule has 0 rings (SSSR count). The Labute approximate surface area is 193 Å². The fourth-order valence-electron chi connectivity index (χ4n) is 2.37. The number of carbonyl (C=O) groups excluding carboxylic acids is 4. The third-order valence-corrected chi connectivity index (χ3v) is 4.51. The fourth-order valence-corrected chi connectivity index (χ4v) is 2.54. The van der Waals surface area contributed by atoms with Gasteiger partial charge in [-0.05, 0) is 12.8 Å². The van der Waals surface area contributed by atoms with Crippen LogP contribution in [0.5, 0.6) is 0 Å². The molecule has 0 aromatic carbocycles. The summed E-state index contributed by atoms with van der Waals surface area (Å²) < 4.78 is 0. The standard InChI is InChI=1S/C17H27N5O10S/c18-7(6-33)14(28)22-10(5-13(26)27)16(30)20-8(1-3-11(19)23)15(29)21-9(17(31)32)2-4-12(24)25/h7-10,33H,1-6,18H2,(H2,19,23)(H,20,30)(H,21,29)(H,22,28)(H,24,25)(H,26,27)(H,31,32). The van der Waals surface area contributed by atoms with Crippen LogP contribution < -0.4 is 27.4 Å². The number of aliphatic carboxylic acids is 3. The molecule has 0 saturated carbocycles. The van der Waals surface area contributed by atoms with Crippen LogP contribution in [-0.2, 0) is 33.6 Å². The summed E-state index contributed by atoms with van der Waals surface area (Å²) in [5.74, 6) is -8.37. The Morgan fingerprint density at radius 2 is 1.21 bits per heavy atom. The number of carbonyl (C=O) groups is 7. The van der Waals surface area contributed by atoms with E-state index in [1.54, 1.807) is 0 Å². The molecule has 0 heterocycles. The fraction of sp³-hybridized carbons (Fsp3) is 0.588. The van der Waals surface area contributed by atoms with Crippen molar-refractivity contribution in [2.75, 3.05) is 5.75 Å². The summed E-state index contributed by atoms with van der Waals surface area (Å²) in [6.45, 7) is 0. The van der Waals surface area contributed by atoms with Crippen molar-refractivity contribution in [1.82, 2.24) is 16.0 Å². The van der Waals surface area contributed by atoms with Crippen molar-refractivity contribution in [3.8, 4) is 0 Å². The van der Waals surface area contributed by atoms with Gasteiger partial charge in [0.1, 0.15) is 18.1 Å². The first-order chi connectivity index (χ1) is 15.3. The molecular weight excluding hydrogens is 466 g/mol. The van der Waals surface area contributed by atoms with Crippen LogP contribution in [0.1, 0.15) is 32.1 Å². The average Bonchev–Trinajstić information content (AvgIpc) is 2.71. The van der Waals surface area contributed by atoms with Crippen molar-refractivity contribution in [1.29, 1.82) is 0 Å². The number of thiol groups is 1. The molecule has 0 aliphatic heterocycles. The monoisotopic (exact) mass is 493 g/mol. The first kappa shape index (κ1) is 29.6. The second kappa shape index (κ2) is 14.6. The molecule has 0 aromatic heterocycles. The Morgan fingerprint density at radius 1 is 0.727 bits per heavy atom. The molecular formula is C17H27N5O10S. The summed E-state index contributed by atoms with van der Waals surface area (Å²) in [5, 5.41) is 33.2. The van der Waals surface area contributed by atoms with E-state index in [0.29, 0.717) is 0 Å². The van der Waals surface area contributed by atoms with Crippen LogP contribution in [0.15, 0.2) is 0 Å². The quantitative estimate of drug-likeness (QED) is 0.0947. The number of carboxylic acids is 3. The van der Waals surface area contributed by atoms with Crippen LogP contribution >= 0.6 is 12.6 Å². The van der Waals surface area contributed by atoms with E-state index in [4.69, 9.17) is 21.7 Å². The van der Waals surface area contributed by atoms with Gasteiger partial charge in [-0.1, -0.05) is 0 Å². The summed E-state index contributed by atoms with van der Waals surface area (Å²) in [7, 11) is 0. The minimum Gasteiger partial charge on any atom is -0.481 e. The highest BCUT2D eigenvalue weighted by Gasteiger charge is 2.31. The lowest BCUT2D eigenvalue weighted by atomic mass is 10.1. The molecule has 0 fully saturated rings. The van der Waals surface area contributed by atoms with Crippen LogP contribution in [0.2, 0.25) is 0 Å². The highest BCUT2D eigenvalue weighted by molar-refractivity contribution is 7.80. The van der Waals surface area contributed by atoms with Crippen molar-refractivity contribution < 1.29 is 48.9 Å². The molecule has 0 spiro atoms. The maximum Gasteiger partial charge on any atom is 0.326 e. The summed E-state index contributed by atoms with van der Waals surface area (Å²) in [4.78, 5) is 81.3. The topological polar surface area (TPSA) is 268 Å². The number of rotatable bonds is 16. The van der Waals surface area contributed by atoms with E-state index in [2.05, 4.69) is 23.3 Å². The zero-order valence-electron chi connectivity index (χ0n) is 17.4. The van der Waals surface area contributed by atoms with E-state index in [-0.39, 0.29) is 12.2 Å². The van der Waals surface area contributed by atoms with Crippen LogP contribution in [0.4, 0.5) is 0 Å². The van der Waals surface area contributed by atoms with E-state index in [1.165, 1.54) is 0 Å². The third kappa shape index (κ3) is 12.3. The molecule has 4 amide bonds. The first-order valence-electron chi connectivity index (χ1n) is 9.50. The van der Waals surface area contributed by atoms with Gasteiger partial charge in [-0.3, -0.25) is 28.8 Å². The largest absolute Gasteiger partial charge is 0.481 e. The maximum absolute atomic E-state index is 12.6. The molecule has 186 valence electrons. The molecule has 15 nitrogen and oxygen atoms in total. The molecule has 4 unspecified atom stereocenters. The molecule has 16 heteroatoms. The number of carboxylic acid groups (broad SMARTS) is 3. The predicted octanol–water partition coefficient (Wildman–Crippen LogP) is -3.61. The Kier molecular flexibility index (Phi) is 13.1. The number of hydrogen-bond acceptors (Lipinski definition) is 9. The summed E-state index contributed by atoms with van der Waals surface area (Å²) in [6, 6.07) is -5.99. The number of primary amides is 1. The molecule has 10 N–H and O–H groups in total. The first-order valence-corrected chi connectivity index (χ1v) is 10.1. The van der Waals surface area contributed by atoms with Gasteiger partial charge < -0.3 is 42.7 Å². The average molecular weight is 493 g/mol. The number of amides is 4. The van der Waals surface area contributed by atoms with E-state index >= 15 is 0 Å². The van der Waals surface area contributed by atoms with Gasteiger partial charge in [0, 0.05) is 18.6 Å². The number of nitrogens with one attached hydrogen (secondary N) is 3. The maximum atomic E-state index is 12.6. The van der Waals surface area contributed by atoms with E-state index in [1.807, 2.05) is 5.32 Å². The van der Waals surface area contributed by atoms with Crippen molar-refractivity contribution in [3.05, 3.63) is 0 Å². The van der Waals surface area contributed by atoms with E-state index < -0.39 is 91.4 Å². The SMILES string of the molecule is NC(=O)CCC(NC(=O)C(CC(=O)O)NC(=O)C(N)CS)C(=O)NC(CCC(=O)O)C(=O)O. The van der Waals surface area contributed by atoms with Gasteiger partial charge in [-0.15, -0.1) is 0 Å². The zero-order chi connectivity index (χ0) is 25.7. The summed E-state index contributed by atoms with van der Waals surface area (Å²) >= 11 is 3.82. The van der Waals surface area contributed by atoms with Crippen molar-refractivity contribution in [2.24, 2.45) is 11.5 Å². The van der Waals surface area contributed by atoms with Gasteiger partial charge in [-0.2, -0.15) is 12.6 Å². The lowest BCUT2D eigenvalue weighted by Gasteiger charge is -2.24. The van der Waals surface area contributed by atoms with Crippen LogP contribution in [0.25, 0.3) is 0 Å². The third-order valence-electron chi connectivity index (χ3n) is 4.12. The lowest BCUT2D eigenvalue weighted by molar-refractivity contribution is -0.144. The minimum atomic E-state index is -1.66. The molecule has 33 heavy (non-hydrogen) atoms. The van der Waals surface area contributed by atoms with Crippen molar-refractivity contribution >= 4 is 54.2 Å². The molecule has 0 aliphatic rings. The van der Waals surface area contributed by atoms with E-state index in [0.717, 1.165) is 0 Å². The Hall–Kier alpha value is -3.40. The molecule has 0 aromatic rings. The van der Waals surface area contributed by atoms with Gasteiger partial charge in [0.15, 0.2) is 0 Å². The highest BCUT2D eigenvalue weighted by atomic mass is 32.1. The van der Waals surface area contributed by atoms with Gasteiger partial charge in [0.25, 0.3) is 0 Å². The zero-order valence-corrected chi connectivity index (χ0v) is 18.2. The normalized spacial score (nSPS) is 14.1. The van der Waals surface area contributed by atoms with Crippen molar-refractivity contribution in [3.63, 3.8) is 0 Å². The number of nitrogens with two attached hydrogens (primary N) is 2. The lowest BCUT2D eigenvalue weighted by Crippen LogP contribution is -2.57. The van der Waals surface area contributed by atoms with Gasteiger partial charge in [-0.25, -0.2) is 4.79 Å². The second-order valence-corrected chi connectivity index (χ2v) is 7.21. The highest BCUT2D eigenvalue weighted by Crippen LogP contribution is 2.04. The minimum absolute atomic E-state index is 0.107.